The van der Waals surface area contributed by atoms with Gasteiger partial charge in [-0.3, -0.25) is 14.9 Å². The number of hydrogen-bond acceptors (Lipinski definition) is 7. The van der Waals surface area contributed by atoms with E-state index in [0.717, 1.165) is 11.8 Å². The smallest absolute Gasteiger partial charge is 0.296 e. The van der Waals surface area contributed by atoms with Crippen LogP contribution < -0.4 is 10.1 Å². The number of amides is 1. The van der Waals surface area contributed by atoms with E-state index in [1.165, 1.54) is 31.4 Å². The number of nitrogens with zero attached hydrogens (tertiary/aromatic N) is 2. The van der Waals surface area contributed by atoms with Crippen LogP contribution in [0.3, 0.4) is 0 Å². The molecule has 10 heteroatoms. The number of benzene rings is 2. The molecule has 0 bridgehead atoms. The lowest BCUT2D eigenvalue weighted by Crippen LogP contribution is -2.19. The molecule has 1 aliphatic heterocycles. The maximum Gasteiger partial charge on any atom is 0.296 e. The van der Waals surface area contributed by atoms with Gasteiger partial charge in [0.05, 0.1) is 16.9 Å². The summed E-state index contributed by atoms with van der Waals surface area (Å²) in [5.41, 5.74) is 0.464. The first-order valence-electron chi connectivity index (χ1n) is 7.48. The van der Waals surface area contributed by atoms with Crippen molar-refractivity contribution in [2.24, 2.45) is 4.99 Å². The lowest BCUT2D eigenvalue weighted by atomic mass is 10.2. The third kappa shape index (κ3) is 4.21. The van der Waals surface area contributed by atoms with Crippen molar-refractivity contribution < 1.29 is 19.6 Å². The quantitative estimate of drug-likeness (QED) is 0.453. The van der Waals surface area contributed by atoms with Crippen molar-refractivity contribution in [1.82, 2.24) is 5.32 Å². The molecule has 2 N–H and O–H groups in total. The number of hydrogen-bond donors (Lipinski definition) is 2. The Kier molecular flexibility index (Phi) is 5.33. The number of amidine groups is 1. The zero-order chi connectivity index (χ0) is 19.6. The molecule has 2 aromatic rings. The van der Waals surface area contributed by atoms with E-state index in [0.29, 0.717) is 10.5 Å². The number of nitro benzene ring substituents is 1. The van der Waals surface area contributed by atoms with Gasteiger partial charge in [0.1, 0.15) is 5.69 Å². The highest BCUT2D eigenvalue weighted by atomic mass is 35.5. The van der Waals surface area contributed by atoms with Gasteiger partial charge in [-0.2, -0.15) is 0 Å². The molecule has 138 valence electrons. The Balaban J connectivity index is 1.90. The maximum absolute atomic E-state index is 12.2. The van der Waals surface area contributed by atoms with Crippen molar-refractivity contribution in [3.05, 3.63) is 62.0 Å². The second-order valence-electron chi connectivity index (χ2n) is 5.30. The van der Waals surface area contributed by atoms with Gasteiger partial charge in [0, 0.05) is 11.1 Å². The van der Waals surface area contributed by atoms with Gasteiger partial charge in [0.25, 0.3) is 11.6 Å². The van der Waals surface area contributed by atoms with Crippen molar-refractivity contribution in [2.75, 3.05) is 7.11 Å². The Hall–Kier alpha value is -3.04. The second-order valence-corrected chi connectivity index (χ2v) is 6.77. The molecule has 1 amide bonds. The van der Waals surface area contributed by atoms with E-state index in [1.807, 2.05) is 0 Å². The molecule has 0 spiro atoms. The van der Waals surface area contributed by atoms with E-state index in [-0.39, 0.29) is 39.0 Å². The van der Waals surface area contributed by atoms with E-state index >= 15 is 0 Å². The summed E-state index contributed by atoms with van der Waals surface area (Å²) in [6.45, 7) is 0. The van der Waals surface area contributed by atoms with Gasteiger partial charge in [0.15, 0.2) is 16.7 Å². The fourth-order valence-corrected chi connectivity index (χ4v) is 3.26. The van der Waals surface area contributed by atoms with Gasteiger partial charge in [-0.05, 0) is 47.7 Å². The Morgan fingerprint density at radius 2 is 2.11 bits per heavy atom. The third-order valence-electron chi connectivity index (χ3n) is 3.51. The molecule has 1 heterocycles. The van der Waals surface area contributed by atoms with Crippen LogP contribution in [0.1, 0.15) is 5.56 Å². The molecule has 27 heavy (non-hydrogen) atoms. The molecule has 0 unspecified atom stereocenters. The molecule has 1 aliphatic rings. The Bertz CT molecular complexity index is 1010. The van der Waals surface area contributed by atoms with Crippen LogP contribution in [0.2, 0.25) is 5.02 Å². The zero-order valence-electron chi connectivity index (χ0n) is 13.8. The first kappa shape index (κ1) is 18.7. The van der Waals surface area contributed by atoms with Crippen molar-refractivity contribution >= 4 is 51.9 Å². The summed E-state index contributed by atoms with van der Waals surface area (Å²) in [5, 5.41) is 23.8. The average molecular weight is 406 g/mol. The third-order valence-corrected chi connectivity index (χ3v) is 4.65. The van der Waals surface area contributed by atoms with Crippen LogP contribution in [0.25, 0.3) is 6.08 Å². The molecule has 8 nitrogen and oxygen atoms in total. The van der Waals surface area contributed by atoms with Crippen molar-refractivity contribution in [2.45, 2.75) is 0 Å². The molecule has 0 saturated carbocycles. The van der Waals surface area contributed by atoms with Crippen molar-refractivity contribution in [1.29, 1.82) is 0 Å². The summed E-state index contributed by atoms with van der Waals surface area (Å²) in [4.78, 5) is 27.2. The molecule has 0 atom stereocenters. The number of rotatable bonds is 4. The predicted molar refractivity (Wildman–Crippen MR) is 104 cm³/mol. The first-order valence-corrected chi connectivity index (χ1v) is 8.67. The minimum absolute atomic E-state index is 0.0134. The van der Waals surface area contributed by atoms with Gasteiger partial charge in [0.2, 0.25) is 0 Å². The Morgan fingerprint density at radius 1 is 1.33 bits per heavy atom. The molecule has 1 fully saturated rings. The molecular formula is C17H12ClN3O5S. The van der Waals surface area contributed by atoms with E-state index in [4.69, 9.17) is 16.3 Å². The number of methoxy groups -OCH3 is 1. The van der Waals surface area contributed by atoms with Crippen molar-refractivity contribution in [3.63, 3.8) is 0 Å². The summed E-state index contributed by atoms with van der Waals surface area (Å²) in [5.74, 6) is -0.124. The molecular weight excluding hydrogens is 394 g/mol. The summed E-state index contributed by atoms with van der Waals surface area (Å²) < 4.78 is 5.04. The highest BCUT2D eigenvalue weighted by molar-refractivity contribution is 8.18. The lowest BCUT2D eigenvalue weighted by Gasteiger charge is -2.03. The SMILES string of the molecule is COc1cc(/C=C2/SC(=Nc3ccc(Cl)cc3[N+](=O)[O-])NC2=O)ccc1O. The monoisotopic (exact) mass is 405 g/mol. The highest BCUT2D eigenvalue weighted by Gasteiger charge is 2.25. The van der Waals surface area contributed by atoms with E-state index in [9.17, 15) is 20.0 Å². The molecule has 0 aromatic heterocycles. The van der Waals surface area contributed by atoms with Crippen LogP contribution >= 0.6 is 23.4 Å². The number of aliphatic imine (C=N–C) groups is 1. The molecule has 0 aliphatic carbocycles. The highest BCUT2D eigenvalue weighted by Crippen LogP contribution is 2.34. The fraction of sp³-hybridized carbons (Fsp3) is 0.0588. The van der Waals surface area contributed by atoms with Crippen molar-refractivity contribution in [3.8, 4) is 11.5 Å². The van der Waals surface area contributed by atoms with Crippen LogP contribution in [0.5, 0.6) is 11.5 Å². The number of carbonyl (C=O) groups is 1. The topological polar surface area (TPSA) is 114 Å². The van der Waals surface area contributed by atoms with Gasteiger partial charge in [-0.1, -0.05) is 17.7 Å². The van der Waals surface area contributed by atoms with E-state index in [2.05, 4.69) is 10.3 Å². The van der Waals surface area contributed by atoms with Crippen LogP contribution in [0, 0.1) is 10.1 Å². The summed E-state index contributed by atoms with van der Waals surface area (Å²) in [7, 11) is 1.42. The first-order chi connectivity index (χ1) is 12.9. The van der Waals surface area contributed by atoms with Gasteiger partial charge >= 0.3 is 0 Å². The number of aromatic hydroxyl groups is 1. The van der Waals surface area contributed by atoms with Crippen LogP contribution in [0.4, 0.5) is 11.4 Å². The van der Waals surface area contributed by atoms with E-state index in [1.54, 1.807) is 18.2 Å². The molecule has 3 rings (SSSR count). The minimum Gasteiger partial charge on any atom is -0.504 e. The molecule has 2 aromatic carbocycles. The number of thioether (sulfide) groups is 1. The predicted octanol–water partition coefficient (Wildman–Crippen LogP) is 3.85. The standard InChI is InChI=1S/C17H12ClN3O5S/c1-26-14-6-9(2-5-13(14)22)7-15-16(23)20-17(27-15)19-11-4-3-10(18)8-12(11)21(24)25/h2-8,22H,1H3,(H,19,20,23)/b15-7+. The minimum atomic E-state index is -0.591. The summed E-state index contributed by atoms with van der Waals surface area (Å²) in [6, 6.07) is 8.74. The lowest BCUT2D eigenvalue weighted by molar-refractivity contribution is -0.384. The maximum atomic E-state index is 12.2. The fourth-order valence-electron chi connectivity index (χ4n) is 2.26. The number of nitro groups is 1. The largest absolute Gasteiger partial charge is 0.504 e. The van der Waals surface area contributed by atoms with E-state index < -0.39 is 4.92 Å². The normalized spacial score (nSPS) is 16.6. The Labute approximate surface area is 162 Å². The zero-order valence-corrected chi connectivity index (χ0v) is 15.4. The van der Waals surface area contributed by atoms with Crippen LogP contribution in [-0.4, -0.2) is 28.2 Å². The van der Waals surface area contributed by atoms with Gasteiger partial charge < -0.3 is 15.2 Å². The van der Waals surface area contributed by atoms with Crippen LogP contribution in [0.15, 0.2) is 46.3 Å². The number of nitrogens with one attached hydrogen (secondary N) is 1. The van der Waals surface area contributed by atoms with Gasteiger partial charge in [-0.25, -0.2) is 4.99 Å². The van der Waals surface area contributed by atoms with Gasteiger partial charge in [-0.15, -0.1) is 0 Å². The second kappa shape index (κ2) is 7.68. The number of carbonyl (C=O) groups excluding carboxylic acids is 1. The number of phenols is 1. The molecule has 0 radical (unpaired) electrons. The van der Waals surface area contributed by atoms with Crippen LogP contribution in [-0.2, 0) is 4.79 Å². The number of halogens is 1. The average Bonchev–Trinajstić information content (AvgIpc) is 2.97. The Morgan fingerprint density at radius 3 is 2.81 bits per heavy atom. The number of ether oxygens (including phenoxy) is 1. The number of phenolic OH excluding ortho intramolecular Hbond substituents is 1. The summed E-state index contributed by atoms with van der Waals surface area (Å²) >= 11 is 6.83. The molecule has 1 saturated heterocycles. The summed E-state index contributed by atoms with van der Waals surface area (Å²) in [6.07, 6.45) is 1.60.